The van der Waals surface area contributed by atoms with Gasteiger partial charge in [-0.1, -0.05) is 43.7 Å². The normalized spacial score (nSPS) is 12.8. The van der Waals surface area contributed by atoms with Gasteiger partial charge < -0.3 is 17.5 Å². The summed E-state index contributed by atoms with van der Waals surface area (Å²) < 4.78 is 0. The molecule has 1 aliphatic rings. The summed E-state index contributed by atoms with van der Waals surface area (Å²) in [4.78, 5) is 2.19. The van der Waals surface area contributed by atoms with Gasteiger partial charge in [0, 0.05) is 13.1 Å². The Kier molecular flexibility index (Phi) is 10.1. The number of anilines is 1. The Balaban J connectivity index is 0.000000244. The minimum absolute atomic E-state index is 0. The van der Waals surface area contributed by atoms with Crippen LogP contribution in [-0.2, 0) is 18.4 Å². The largest absolute Gasteiger partial charge is 1.00 e. The maximum absolute atomic E-state index is 8.53. The molecular formula is C19H23N4NaS. The van der Waals surface area contributed by atoms with Crippen LogP contribution in [-0.4, -0.2) is 23.3 Å². The van der Waals surface area contributed by atoms with Gasteiger partial charge in [0.2, 0.25) is 0 Å². The van der Waals surface area contributed by atoms with Crippen molar-refractivity contribution < 1.29 is 29.6 Å². The first-order chi connectivity index (χ1) is 11.6. The van der Waals surface area contributed by atoms with Crippen LogP contribution in [0.1, 0.15) is 49.4 Å². The van der Waals surface area contributed by atoms with E-state index in [0.717, 1.165) is 24.7 Å². The SMILES string of the molecule is CC(C)c1ccc(C[S-])cc1.N#Cc1ccc(N2CCCC2)nn1.[Na+]. The maximum Gasteiger partial charge on any atom is 1.00 e. The van der Waals surface area contributed by atoms with Crippen LogP contribution < -0.4 is 34.5 Å². The standard InChI is InChI=1S/C10H14S.C9H10N4.Na/c1-8(2)10-5-3-9(7-11)4-6-10;10-7-8-3-4-9(12-11-8)13-5-1-2-6-13;/h3-6,8,11H,7H2,1-2H3;3-4H,1-2,5-6H2;/q;;+1/p-1. The Labute approximate surface area is 178 Å². The minimum Gasteiger partial charge on any atom is -0.788 e. The molecule has 0 atom stereocenters. The molecule has 1 aliphatic heterocycles. The van der Waals surface area contributed by atoms with Crippen LogP contribution >= 0.6 is 0 Å². The Bertz CT molecular complexity index is 659. The molecule has 0 saturated carbocycles. The number of aromatic nitrogens is 2. The molecule has 0 spiro atoms. The molecule has 1 fully saturated rings. The Morgan fingerprint density at radius 3 is 2.16 bits per heavy atom. The fraction of sp³-hybridized carbons (Fsp3) is 0.421. The molecule has 6 heteroatoms. The molecule has 2 heterocycles. The molecule has 25 heavy (non-hydrogen) atoms. The number of rotatable bonds is 3. The van der Waals surface area contributed by atoms with E-state index in [2.05, 4.69) is 53.2 Å². The first kappa shape index (κ1) is 22.0. The second-order valence-electron chi connectivity index (χ2n) is 6.12. The van der Waals surface area contributed by atoms with Gasteiger partial charge in [0.25, 0.3) is 0 Å². The molecule has 126 valence electrons. The number of nitriles is 1. The van der Waals surface area contributed by atoms with E-state index in [-0.39, 0.29) is 29.6 Å². The van der Waals surface area contributed by atoms with Crippen molar-refractivity contribution in [1.82, 2.24) is 10.2 Å². The fourth-order valence-electron chi connectivity index (χ4n) is 2.50. The minimum atomic E-state index is 0. The van der Waals surface area contributed by atoms with Crippen molar-refractivity contribution in [3.05, 3.63) is 53.2 Å². The first-order valence-corrected chi connectivity index (χ1v) is 8.87. The second kappa shape index (κ2) is 11.5. The molecule has 0 unspecified atom stereocenters. The van der Waals surface area contributed by atoms with Crippen molar-refractivity contribution in [3.63, 3.8) is 0 Å². The van der Waals surface area contributed by atoms with E-state index in [1.54, 1.807) is 6.07 Å². The monoisotopic (exact) mass is 362 g/mol. The fourth-order valence-corrected chi connectivity index (χ4v) is 2.69. The van der Waals surface area contributed by atoms with Crippen LogP contribution in [0.4, 0.5) is 5.82 Å². The summed E-state index contributed by atoms with van der Waals surface area (Å²) in [5.74, 6) is 2.23. The van der Waals surface area contributed by atoms with Crippen molar-refractivity contribution in [2.24, 2.45) is 0 Å². The summed E-state index contributed by atoms with van der Waals surface area (Å²) in [6, 6.07) is 14.1. The van der Waals surface area contributed by atoms with Gasteiger partial charge in [-0.3, -0.25) is 0 Å². The van der Waals surface area contributed by atoms with Gasteiger partial charge in [-0.15, -0.1) is 10.2 Å². The number of hydrogen-bond donors (Lipinski definition) is 0. The average molecular weight is 362 g/mol. The molecule has 1 aromatic heterocycles. The van der Waals surface area contributed by atoms with Gasteiger partial charge in [-0.05, 0) is 36.5 Å². The predicted molar refractivity (Wildman–Crippen MR) is 99.8 cm³/mol. The first-order valence-electron chi connectivity index (χ1n) is 8.29. The van der Waals surface area contributed by atoms with E-state index >= 15 is 0 Å². The van der Waals surface area contributed by atoms with Crippen LogP contribution in [0.15, 0.2) is 36.4 Å². The molecule has 1 saturated heterocycles. The van der Waals surface area contributed by atoms with Gasteiger partial charge in [0.15, 0.2) is 11.5 Å². The zero-order valence-corrected chi connectivity index (χ0v) is 18.1. The molecule has 0 amide bonds. The van der Waals surface area contributed by atoms with Gasteiger partial charge in [-0.25, -0.2) is 0 Å². The molecule has 0 N–H and O–H groups in total. The van der Waals surface area contributed by atoms with Crippen molar-refractivity contribution in [2.75, 3.05) is 18.0 Å². The van der Waals surface area contributed by atoms with E-state index in [0.29, 0.717) is 11.6 Å². The molecular weight excluding hydrogens is 339 g/mol. The van der Waals surface area contributed by atoms with Gasteiger partial charge in [0.05, 0.1) is 0 Å². The third-order valence-corrected chi connectivity index (χ3v) is 4.34. The molecule has 2 aromatic rings. The van der Waals surface area contributed by atoms with Crippen LogP contribution in [0.25, 0.3) is 0 Å². The zero-order chi connectivity index (χ0) is 17.4. The van der Waals surface area contributed by atoms with E-state index in [1.165, 1.54) is 24.0 Å². The van der Waals surface area contributed by atoms with Gasteiger partial charge in [0.1, 0.15) is 6.07 Å². The zero-order valence-electron chi connectivity index (χ0n) is 15.3. The van der Waals surface area contributed by atoms with E-state index in [1.807, 2.05) is 12.1 Å². The third-order valence-electron chi connectivity index (χ3n) is 4.01. The smallest absolute Gasteiger partial charge is 0.788 e. The number of nitrogens with zero attached hydrogens (tertiary/aromatic N) is 4. The molecule has 4 nitrogen and oxygen atoms in total. The van der Waals surface area contributed by atoms with E-state index < -0.39 is 0 Å². The molecule has 0 bridgehead atoms. The Hall–Kier alpha value is -1.06. The molecule has 3 rings (SSSR count). The van der Waals surface area contributed by atoms with E-state index in [9.17, 15) is 0 Å². The van der Waals surface area contributed by atoms with Crippen molar-refractivity contribution in [3.8, 4) is 6.07 Å². The van der Waals surface area contributed by atoms with Gasteiger partial charge in [-0.2, -0.15) is 11.0 Å². The quantitative estimate of drug-likeness (QED) is 0.597. The molecule has 1 aromatic carbocycles. The summed E-state index contributed by atoms with van der Waals surface area (Å²) in [5.41, 5.74) is 3.00. The third kappa shape index (κ3) is 6.99. The van der Waals surface area contributed by atoms with Crippen molar-refractivity contribution >= 4 is 18.4 Å². The van der Waals surface area contributed by atoms with Crippen molar-refractivity contribution in [2.45, 2.75) is 38.4 Å². The topological polar surface area (TPSA) is 52.8 Å². The van der Waals surface area contributed by atoms with Gasteiger partial charge >= 0.3 is 29.6 Å². The predicted octanol–water partition coefficient (Wildman–Crippen LogP) is 0.809. The maximum atomic E-state index is 8.53. The average Bonchev–Trinajstić information content (AvgIpc) is 3.17. The van der Waals surface area contributed by atoms with Crippen LogP contribution in [0, 0.1) is 11.3 Å². The van der Waals surface area contributed by atoms with Crippen molar-refractivity contribution in [1.29, 1.82) is 5.26 Å². The van der Waals surface area contributed by atoms with Crippen LogP contribution in [0.3, 0.4) is 0 Å². The number of benzene rings is 1. The molecule has 0 radical (unpaired) electrons. The second-order valence-corrected chi connectivity index (χ2v) is 6.41. The molecule has 0 aliphatic carbocycles. The Morgan fingerprint density at radius 1 is 1.08 bits per heavy atom. The van der Waals surface area contributed by atoms with Crippen LogP contribution in [0.5, 0.6) is 0 Å². The summed E-state index contributed by atoms with van der Waals surface area (Å²) in [7, 11) is 0. The summed E-state index contributed by atoms with van der Waals surface area (Å²) in [5, 5.41) is 16.3. The Morgan fingerprint density at radius 2 is 1.72 bits per heavy atom. The summed E-state index contributed by atoms with van der Waals surface area (Å²) >= 11 is 4.93. The summed E-state index contributed by atoms with van der Waals surface area (Å²) in [6.07, 6.45) is 2.45. The van der Waals surface area contributed by atoms with E-state index in [4.69, 9.17) is 17.9 Å². The summed E-state index contributed by atoms with van der Waals surface area (Å²) in [6.45, 7) is 6.51. The number of hydrogen-bond acceptors (Lipinski definition) is 5. The van der Waals surface area contributed by atoms with Crippen LogP contribution in [0.2, 0.25) is 0 Å².